The number of ether oxygens (including phenoxy) is 2. The monoisotopic (exact) mass is 306 g/mol. The molecule has 2 aromatic rings. The molecule has 1 N–H and O–H groups in total. The normalized spacial score (nSPS) is 10.1. The summed E-state index contributed by atoms with van der Waals surface area (Å²) >= 11 is 5.99. The van der Waals surface area contributed by atoms with Crippen LogP contribution in [-0.4, -0.2) is 25.1 Å². The first-order chi connectivity index (χ1) is 10.1. The van der Waals surface area contributed by atoms with E-state index in [-0.39, 0.29) is 11.1 Å². The molecule has 0 aliphatic rings. The first kappa shape index (κ1) is 15.1. The topological polar surface area (TPSA) is 60.5 Å². The second-order valence-corrected chi connectivity index (χ2v) is 4.70. The van der Waals surface area contributed by atoms with Gasteiger partial charge >= 0.3 is 0 Å². The second-order valence-electron chi connectivity index (χ2n) is 4.34. The van der Waals surface area contributed by atoms with E-state index in [9.17, 15) is 4.79 Å². The Morgan fingerprint density at radius 1 is 1.24 bits per heavy atom. The molecule has 0 saturated heterocycles. The Labute approximate surface area is 127 Å². The van der Waals surface area contributed by atoms with E-state index in [0.717, 1.165) is 5.56 Å². The maximum absolute atomic E-state index is 12.5. The van der Waals surface area contributed by atoms with Crippen molar-refractivity contribution in [2.45, 2.75) is 6.92 Å². The van der Waals surface area contributed by atoms with Gasteiger partial charge < -0.3 is 14.8 Å². The maximum atomic E-state index is 12.5. The summed E-state index contributed by atoms with van der Waals surface area (Å²) in [5.41, 5.74) is 1.64. The lowest BCUT2D eigenvalue weighted by Crippen LogP contribution is -2.15. The molecule has 0 unspecified atom stereocenters. The largest absolute Gasteiger partial charge is 0.496 e. The number of halogens is 1. The number of benzene rings is 1. The maximum Gasteiger partial charge on any atom is 0.263 e. The molecule has 0 bridgehead atoms. The van der Waals surface area contributed by atoms with Crippen LogP contribution in [0.2, 0.25) is 5.15 Å². The first-order valence-electron chi connectivity index (χ1n) is 6.21. The van der Waals surface area contributed by atoms with E-state index in [4.69, 9.17) is 21.1 Å². The van der Waals surface area contributed by atoms with Gasteiger partial charge in [-0.1, -0.05) is 17.7 Å². The Hall–Kier alpha value is -2.27. The van der Waals surface area contributed by atoms with Gasteiger partial charge in [-0.15, -0.1) is 0 Å². The highest BCUT2D eigenvalue weighted by Gasteiger charge is 2.19. The highest BCUT2D eigenvalue weighted by atomic mass is 35.5. The number of pyridine rings is 1. The summed E-state index contributed by atoms with van der Waals surface area (Å²) in [5.74, 6) is 0.464. The minimum Gasteiger partial charge on any atom is -0.496 e. The summed E-state index contributed by atoms with van der Waals surface area (Å²) in [6.45, 7) is 1.86. The molecule has 21 heavy (non-hydrogen) atoms. The molecule has 110 valence electrons. The minimum absolute atomic E-state index is 0.225. The number of rotatable bonds is 4. The number of hydrogen-bond acceptors (Lipinski definition) is 4. The van der Waals surface area contributed by atoms with Crippen molar-refractivity contribution in [3.63, 3.8) is 0 Å². The van der Waals surface area contributed by atoms with E-state index in [2.05, 4.69) is 10.3 Å². The molecule has 0 spiro atoms. The number of methoxy groups -OCH3 is 2. The van der Waals surface area contributed by atoms with Gasteiger partial charge in [-0.2, -0.15) is 0 Å². The van der Waals surface area contributed by atoms with Crippen LogP contribution in [0.25, 0.3) is 0 Å². The molecule has 0 aliphatic carbocycles. The number of carbonyl (C=O) groups excluding carboxylic acids is 1. The molecule has 1 aromatic carbocycles. The molecule has 1 amide bonds. The van der Waals surface area contributed by atoms with Crippen molar-refractivity contribution in [3.8, 4) is 11.5 Å². The predicted molar refractivity (Wildman–Crippen MR) is 81.5 cm³/mol. The molecule has 1 aromatic heterocycles. The van der Waals surface area contributed by atoms with Gasteiger partial charge in [0.15, 0.2) is 5.15 Å². The standard InChI is InChI=1S/C15H15ClN2O3/c1-9-7-10(14(16)17-8-9)18-15(19)13-11(20-2)5-4-6-12(13)21-3/h4-8H,1-3H3,(H,18,19). The summed E-state index contributed by atoms with van der Waals surface area (Å²) in [4.78, 5) is 16.5. The van der Waals surface area contributed by atoms with Crippen molar-refractivity contribution >= 4 is 23.2 Å². The lowest BCUT2D eigenvalue weighted by Gasteiger charge is -2.13. The highest BCUT2D eigenvalue weighted by Crippen LogP contribution is 2.30. The van der Waals surface area contributed by atoms with Crippen LogP contribution < -0.4 is 14.8 Å². The van der Waals surface area contributed by atoms with Crippen LogP contribution in [0, 0.1) is 6.92 Å². The molecule has 2 rings (SSSR count). The number of hydrogen-bond donors (Lipinski definition) is 1. The Morgan fingerprint density at radius 3 is 2.43 bits per heavy atom. The molecular formula is C15H15ClN2O3. The third kappa shape index (κ3) is 3.25. The van der Waals surface area contributed by atoms with Crippen LogP contribution in [-0.2, 0) is 0 Å². The van der Waals surface area contributed by atoms with E-state index < -0.39 is 0 Å². The third-order valence-electron chi connectivity index (χ3n) is 2.88. The van der Waals surface area contributed by atoms with Crippen LogP contribution in [0.3, 0.4) is 0 Å². The lowest BCUT2D eigenvalue weighted by atomic mass is 10.1. The van der Waals surface area contributed by atoms with Gasteiger partial charge in [0.1, 0.15) is 17.1 Å². The number of aromatic nitrogens is 1. The average Bonchev–Trinajstić information content (AvgIpc) is 2.49. The molecule has 5 nitrogen and oxygen atoms in total. The Kier molecular flexibility index (Phi) is 4.65. The van der Waals surface area contributed by atoms with Crippen LogP contribution in [0.1, 0.15) is 15.9 Å². The van der Waals surface area contributed by atoms with Gasteiger partial charge in [-0.05, 0) is 30.7 Å². The van der Waals surface area contributed by atoms with E-state index in [0.29, 0.717) is 22.7 Å². The fourth-order valence-electron chi connectivity index (χ4n) is 1.90. The summed E-state index contributed by atoms with van der Waals surface area (Å²) < 4.78 is 10.4. The van der Waals surface area contributed by atoms with E-state index in [1.165, 1.54) is 14.2 Å². The number of aryl methyl sites for hydroxylation is 1. The summed E-state index contributed by atoms with van der Waals surface area (Å²) in [5, 5.41) is 2.95. The number of anilines is 1. The first-order valence-corrected chi connectivity index (χ1v) is 6.59. The van der Waals surface area contributed by atoms with Crippen molar-refractivity contribution in [3.05, 3.63) is 46.7 Å². The van der Waals surface area contributed by atoms with Crippen LogP contribution in [0.5, 0.6) is 11.5 Å². The van der Waals surface area contributed by atoms with Crippen molar-refractivity contribution in [1.82, 2.24) is 4.98 Å². The number of nitrogens with zero attached hydrogens (tertiary/aromatic N) is 1. The fraction of sp³-hybridized carbons (Fsp3) is 0.200. The van der Waals surface area contributed by atoms with E-state index in [1.807, 2.05) is 6.92 Å². The van der Waals surface area contributed by atoms with E-state index in [1.54, 1.807) is 30.5 Å². The Balaban J connectivity index is 2.38. The summed E-state index contributed by atoms with van der Waals surface area (Å²) in [7, 11) is 2.99. The zero-order valence-corrected chi connectivity index (χ0v) is 12.7. The van der Waals surface area contributed by atoms with Crippen molar-refractivity contribution in [1.29, 1.82) is 0 Å². The molecule has 0 radical (unpaired) electrons. The van der Waals surface area contributed by atoms with Gasteiger partial charge in [-0.25, -0.2) is 4.98 Å². The number of carbonyl (C=O) groups is 1. The minimum atomic E-state index is -0.376. The van der Waals surface area contributed by atoms with Crippen LogP contribution in [0.4, 0.5) is 5.69 Å². The Bertz CT molecular complexity index is 652. The summed E-state index contributed by atoms with van der Waals surface area (Å²) in [6.07, 6.45) is 1.63. The van der Waals surface area contributed by atoms with Gasteiger partial charge in [-0.3, -0.25) is 4.79 Å². The molecule has 6 heteroatoms. The van der Waals surface area contributed by atoms with Gasteiger partial charge in [0, 0.05) is 6.20 Å². The Morgan fingerprint density at radius 2 is 1.86 bits per heavy atom. The number of amides is 1. The zero-order chi connectivity index (χ0) is 15.4. The molecule has 0 fully saturated rings. The van der Waals surface area contributed by atoms with Crippen LogP contribution in [0.15, 0.2) is 30.5 Å². The van der Waals surface area contributed by atoms with Crippen molar-refractivity contribution in [2.75, 3.05) is 19.5 Å². The molecule has 0 aliphatic heterocycles. The van der Waals surface area contributed by atoms with Crippen LogP contribution >= 0.6 is 11.6 Å². The smallest absolute Gasteiger partial charge is 0.263 e. The lowest BCUT2D eigenvalue weighted by molar-refractivity contribution is 0.102. The van der Waals surface area contributed by atoms with Crippen molar-refractivity contribution < 1.29 is 14.3 Å². The SMILES string of the molecule is COc1cccc(OC)c1C(=O)Nc1cc(C)cnc1Cl. The summed E-state index contributed by atoms with van der Waals surface area (Å²) in [6, 6.07) is 6.87. The fourth-order valence-corrected chi connectivity index (χ4v) is 2.05. The zero-order valence-electron chi connectivity index (χ0n) is 11.9. The number of nitrogens with one attached hydrogen (secondary N) is 1. The van der Waals surface area contributed by atoms with E-state index >= 15 is 0 Å². The second kappa shape index (κ2) is 6.45. The molecule has 0 saturated carbocycles. The van der Waals surface area contributed by atoms with Gasteiger partial charge in [0.05, 0.1) is 19.9 Å². The van der Waals surface area contributed by atoms with Crippen molar-refractivity contribution in [2.24, 2.45) is 0 Å². The van der Waals surface area contributed by atoms with Gasteiger partial charge in [0.25, 0.3) is 5.91 Å². The quantitative estimate of drug-likeness (QED) is 0.880. The predicted octanol–water partition coefficient (Wildman–Crippen LogP) is 3.31. The van der Waals surface area contributed by atoms with Gasteiger partial charge in [0.2, 0.25) is 0 Å². The molecule has 1 heterocycles. The average molecular weight is 307 g/mol. The highest BCUT2D eigenvalue weighted by molar-refractivity contribution is 6.32. The molecular weight excluding hydrogens is 292 g/mol. The molecule has 0 atom stereocenters. The third-order valence-corrected chi connectivity index (χ3v) is 3.18.